The molecule has 0 spiro atoms. The first-order valence-electron chi connectivity index (χ1n) is 7.33. The molecule has 0 bridgehead atoms. The van der Waals surface area contributed by atoms with Crippen LogP contribution in [0.25, 0.3) is 11.5 Å². The summed E-state index contributed by atoms with van der Waals surface area (Å²) in [5, 5.41) is 18.9. The first-order chi connectivity index (χ1) is 11.5. The van der Waals surface area contributed by atoms with Crippen LogP contribution in [0.4, 0.5) is 0 Å². The first kappa shape index (κ1) is 15.7. The third-order valence-corrected chi connectivity index (χ3v) is 3.41. The van der Waals surface area contributed by atoms with Crippen molar-refractivity contribution in [3.63, 3.8) is 0 Å². The van der Waals surface area contributed by atoms with Crippen LogP contribution in [0.15, 0.2) is 53.2 Å². The van der Waals surface area contributed by atoms with E-state index in [1.54, 1.807) is 6.92 Å². The average Bonchev–Trinajstić information content (AvgIpc) is 3.06. The van der Waals surface area contributed by atoms with E-state index in [0.717, 1.165) is 11.1 Å². The molecule has 24 heavy (non-hydrogen) atoms. The van der Waals surface area contributed by atoms with Crippen molar-refractivity contribution >= 4 is 5.97 Å². The molecule has 0 unspecified atom stereocenters. The van der Waals surface area contributed by atoms with Crippen LogP contribution in [0.2, 0.25) is 0 Å². The summed E-state index contributed by atoms with van der Waals surface area (Å²) < 4.78 is 11.4. The van der Waals surface area contributed by atoms with Crippen LogP contribution in [-0.4, -0.2) is 16.2 Å². The summed E-state index contributed by atoms with van der Waals surface area (Å²) in [6, 6.07) is 10.4. The molecular weight excluding hydrogens is 310 g/mol. The number of rotatable bonds is 4. The van der Waals surface area contributed by atoms with Crippen LogP contribution in [0, 0.1) is 12.1 Å². The molecule has 0 aliphatic rings. The molecule has 0 radical (unpaired) electrons. The van der Waals surface area contributed by atoms with E-state index in [1.807, 2.05) is 31.2 Å². The number of benzene rings is 1. The highest BCUT2D eigenvalue weighted by atomic mass is 16.6. The van der Waals surface area contributed by atoms with E-state index in [-0.39, 0.29) is 11.5 Å². The molecule has 1 aromatic carbocycles. The van der Waals surface area contributed by atoms with Crippen LogP contribution in [0.3, 0.4) is 0 Å². The number of hydrogen-bond donors (Lipinski definition) is 0. The Morgan fingerprint density at radius 3 is 2.50 bits per heavy atom. The molecular formula is C17H15N3O4. The molecule has 122 valence electrons. The van der Waals surface area contributed by atoms with E-state index < -0.39 is 12.1 Å². The molecule has 0 aliphatic heterocycles. The van der Waals surface area contributed by atoms with Gasteiger partial charge in [0.2, 0.25) is 5.89 Å². The normalized spacial score (nSPS) is 11.9. The van der Waals surface area contributed by atoms with Gasteiger partial charge < -0.3 is 14.4 Å². The Bertz CT molecular complexity index is 841. The van der Waals surface area contributed by atoms with Crippen LogP contribution in [0.1, 0.15) is 34.8 Å². The summed E-state index contributed by atoms with van der Waals surface area (Å²) in [4.78, 5) is 12.0. The van der Waals surface area contributed by atoms with Crippen LogP contribution < -0.4 is 4.73 Å². The van der Waals surface area contributed by atoms with E-state index in [2.05, 4.69) is 10.2 Å². The molecule has 7 nitrogen and oxygen atoms in total. The minimum absolute atomic E-state index is 0.203. The number of carbonyl (C=O) groups is 1. The topological polar surface area (TPSA) is 92.2 Å². The van der Waals surface area contributed by atoms with Gasteiger partial charge in [-0.05, 0) is 26.0 Å². The molecule has 1 atom stereocenters. The van der Waals surface area contributed by atoms with E-state index >= 15 is 0 Å². The summed E-state index contributed by atoms with van der Waals surface area (Å²) in [6.07, 6.45) is 1.75. The minimum Gasteiger partial charge on any atom is -0.619 e. The highest BCUT2D eigenvalue weighted by Gasteiger charge is 2.20. The maximum Gasteiger partial charge on any atom is 0.339 e. The Hall–Kier alpha value is -3.22. The average molecular weight is 325 g/mol. The molecule has 3 rings (SSSR count). The molecule has 0 saturated heterocycles. The van der Waals surface area contributed by atoms with Gasteiger partial charge in [0.05, 0.1) is 5.56 Å². The van der Waals surface area contributed by atoms with Gasteiger partial charge in [-0.3, -0.25) is 0 Å². The zero-order valence-electron chi connectivity index (χ0n) is 13.2. The lowest BCUT2D eigenvalue weighted by Gasteiger charge is -2.09. The standard InChI is InChI=1S/C17H15N3O4/c1-11-3-5-13(6-4-11)16-19-18-15(24-16)12(2)23-17(21)14-7-9-20(22)10-8-14/h3-10,12H,1-2H3/t12-/m0/s1. The highest BCUT2D eigenvalue weighted by molar-refractivity contribution is 5.89. The van der Waals surface area contributed by atoms with Crippen molar-refractivity contribution in [2.45, 2.75) is 20.0 Å². The fourth-order valence-corrected chi connectivity index (χ4v) is 2.04. The SMILES string of the molecule is Cc1ccc(-c2nnc([C@H](C)OC(=O)c3cc[n+]([O-])cc3)o2)cc1. The first-order valence-corrected chi connectivity index (χ1v) is 7.33. The van der Waals surface area contributed by atoms with Gasteiger partial charge in [0, 0.05) is 17.7 Å². The predicted octanol–water partition coefficient (Wildman–Crippen LogP) is 2.60. The lowest BCUT2D eigenvalue weighted by molar-refractivity contribution is -0.605. The Labute approximate surface area is 138 Å². The maximum atomic E-state index is 12.0. The van der Waals surface area contributed by atoms with Crippen molar-refractivity contribution in [2.24, 2.45) is 0 Å². The van der Waals surface area contributed by atoms with Crippen LogP contribution >= 0.6 is 0 Å². The Balaban J connectivity index is 1.71. The Kier molecular flexibility index (Phi) is 4.24. The third kappa shape index (κ3) is 3.40. The number of ether oxygens (including phenoxy) is 1. The molecule has 0 saturated carbocycles. The number of aromatic nitrogens is 3. The van der Waals surface area contributed by atoms with Crippen molar-refractivity contribution in [3.05, 3.63) is 71.0 Å². The van der Waals surface area contributed by atoms with Gasteiger partial charge in [0.25, 0.3) is 5.89 Å². The fourth-order valence-electron chi connectivity index (χ4n) is 2.04. The molecule has 0 N–H and O–H groups in total. The Morgan fingerprint density at radius 1 is 1.17 bits per heavy atom. The van der Waals surface area contributed by atoms with Gasteiger partial charge in [-0.15, -0.1) is 10.2 Å². The Morgan fingerprint density at radius 2 is 1.83 bits per heavy atom. The zero-order chi connectivity index (χ0) is 17.1. The quantitative estimate of drug-likeness (QED) is 0.416. The van der Waals surface area contributed by atoms with Crippen molar-refractivity contribution in [1.29, 1.82) is 0 Å². The summed E-state index contributed by atoms with van der Waals surface area (Å²) in [6.45, 7) is 3.63. The number of nitrogens with zero attached hydrogens (tertiary/aromatic N) is 3. The number of hydrogen-bond acceptors (Lipinski definition) is 6. The van der Waals surface area contributed by atoms with E-state index in [1.165, 1.54) is 24.5 Å². The molecule has 3 aromatic rings. The fraction of sp³-hybridized carbons (Fsp3) is 0.176. The number of esters is 1. The van der Waals surface area contributed by atoms with Gasteiger partial charge >= 0.3 is 5.97 Å². The lowest BCUT2D eigenvalue weighted by Crippen LogP contribution is -2.24. The second-order valence-corrected chi connectivity index (χ2v) is 5.31. The van der Waals surface area contributed by atoms with Crippen molar-refractivity contribution in [1.82, 2.24) is 10.2 Å². The van der Waals surface area contributed by atoms with E-state index in [9.17, 15) is 10.0 Å². The van der Waals surface area contributed by atoms with Gasteiger partial charge in [-0.2, -0.15) is 4.73 Å². The monoisotopic (exact) mass is 325 g/mol. The molecule has 2 aromatic heterocycles. The van der Waals surface area contributed by atoms with Gasteiger partial charge in [0.1, 0.15) is 0 Å². The minimum atomic E-state index is -0.705. The lowest BCUT2D eigenvalue weighted by atomic mass is 10.1. The smallest absolute Gasteiger partial charge is 0.339 e. The number of pyridine rings is 1. The number of carbonyl (C=O) groups excluding carboxylic acids is 1. The molecule has 0 fully saturated rings. The second-order valence-electron chi connectivity index (χ2n) is 5.31. The second kappa shape index (κ2) is 6.49. The van der Waals surface area contributed by atoms with Crippen molar-refractivity contribution < 1.29 is 18.7 Å². The van der Waals surface area contributed by atoms with E-state index in [0.29, 0.717) is 10.6 Å². The third-order valence-electron chi connectivity index (χ3n) is 3.41. The van der Waals surface area contributed by atoms with Gasteiger partial charge in [-0.25, -0.2) is 4.79 Å². The zero-order valence-corrected chi connectivity index (χ0v) is 13.2. The van der Waals surface area contributed by atoms with Crippen molar-refractivity contribution in [2.75, 3.05) is 0 Å². The van der Waals surface area contributed by atoms with Crippen LogP contribution in [-0.2, 0) is 4.74 Å². The van der Waals surface area contributed by atoms with Crippen molar-refractivity contribution in [3.8, 4) is 11.5 Å². The summed E-state index contributed by atoms with van der Waals surface area (Å²) in [5.74, 6) is -0.00747. The highest BCUT2D eigenvalue weighted by Crippen LogP contribution is 2.23. The van der Waals surface area contributed by atoms with Gasteiger partial charge in [0.15, 0.2) is 18.5 Å². The number of aryl methyl sites for hydroxylation is 1. The maximum absolute atomic E-state index is 12.0. The summed E-state index contributed by atoms with van der Waals surface area (Å²) in [5.41, 5.74) is 2.19. The molecule has 2 heterocycles. The van der Waals surface area contributed by atoms with Gasteiger partial charge in [-0.1, -0.05) is 17.7 Å². The summed E-state index contributed by atoms with van der Waals surface area (Å²) in [7, 11) is 0. The largest absolute Gasteiger partial charge is 0.619 e. The predicted molar refractivity (Wildman–Crippen MR) is 83.7 cm³/mol. The molecule has 0 amide bonds. The van der Waals surface area contributed by atoms with Crippen LogP contribution in [0.5, 0.6) is 0 Å². The van der Waals surface area contributed by atoms with E-state index in [4.69, 9.17) is 9.15 Å². The molecule has 7 heteroatoms. The molecule has 0 aliphatic carbocycles. The summed E-state index contributed by atoms with van der Waals surface area (Å²) >= 11 is 0.